The van der Waals surface area contributed by atoms with E-state index in [9.17, 15) is 9.59 Å². The third-order valence-corrected chi connectivity index (χ3v) is 7.96. The van der Waals surface area contributed by atoms with Gasteiger partial charge in [0.1, 0.15) is 5.75 Å². The summed E-state index contributed by atoms with van der Waals surface area (Å²) >= 11 is 0. The lowest BCUT2D eigenvalue weighted by molar-refractivity contribution is 0.0740. The van der Waals surface area contributed by atoms with E-state index >= 15 is 0 Å². The number of ether oxygens (including phenoxy) is 1. The van der Waals surface area contributed by atoms with Crippen LogP contribution < -0.4 is 10.1 Å². The second-order valence-electron chi connectivity index (χ2n) is 12.5. The van der Waals surface area contributed by atoms with Gasteiger partial charge in [0, 0.05) is 30.8 Å². The van der Waals surface area contributed by atoms with Crippen molar-refractivity contribution in [1.29, 1.82) is 0 Å². The van der Waals surface area contributed by atoms with Crippen LogP contribution in [0.25, 0.3) is 11.0 Å². The lowest BCUT2D eigenvalue weighted by Gasteiger charge is -2.24. The van der Waals surface area contributed by atoms with Crippen molar-refractivity contribution in [3.63, 3.8) is 0 Å². The number of aromatic nitrogens is 2. The predicted octanol–water partition coefficient (Wildman–Crippen LogP) is 7.76. The number of ketones is 1. The standard InChI is InChI=1S/C30H41N3O3.C6H13N/c1-7-8-16-33-27-20-24(30(35)32(17-14-21(2)3)18-15-22(4)5)12-13-26(27)31-29(33)28(34)23-10-9-11-25(19-23)36-6;1-2-4-6-7-5-3-1/h9-13,19-22H,7-8,14-18H2,1-6H3;7H,1-6H2. The summed E-state index contributed by atoms with van der Waals surface area (Å²) in [4.78, 5) is 33.8. The molecule has 3 aromatic rings. The fourth-order valence-corrected chi connectivity index (χ4v) is 5.17. The smallest absolute Gasteiger partial charge is 0.253 e. The summed E-state index contributed by atoms with van der Waals surface area (Å²) in [6.07, 6.45) is 9.50. The third kappa shape index (κ3) is 10.5. The lowest BCUT2D eigenvalue weighted by Crippen LogP contribution is -2.34. The number of imidazole rings is 1. The molecule has 1 amide bonds. The van der Waals surface area contributed by atoms with Crippen molar-refractivity contribution in [2.45, 2.75) is 92.5 Å². The molecule has 2 aromatic carbocycles. The molecule has 1 saturated heterocycles. The Morgan fingerprint density at radius 1 is 0.930 bits per heavy atom. The van der Waals surface area contributed by atoms with Crippen molar-refractivity contribution < 1.29 is 14.3 Å². The number of hydrogen-bond donors (Lipinski definition) is 1. The number of benzene rings is 2. The minimum absolute atomic E-state index is 0.0436. The maximum absolute atomic E-state index is 13.6. The minimum Gasteiger partial charge on any atom is -0.497 e. The molecule has 1 aliphatic heterocycles. The van der Waals surface area contributed by atoms with Crippen LogP contribution >= 0.6 is 0 Å². The number of rotatable bonds is 13. The maximum Gasteiger partial charge on any atom is 0.253 e. The highest BCUT2D eigenvalue weighted by molar-refractivity contribution is 6.09. The number of amides is 1. The van der Waals surface area contributed by atoms with Crippen LogP contribution in [0.3, 0.4) is 0 Å². The summed E-state index contributed by atoms with van der Waals surface area (Å²) < 4.78 is 7.28. The summed E-state index contributed by atoms with van der Waals surface area (Å²) in [5.41, 5.74) is 2.73. The van der Waals surface area contributed by atoms with Gasteiger partial charge in [0.25, 0.3) is 5.91 Å². The van der Waals surface area contributed by atoms with E-state index in [0.29, 0.717) is 41.1 Å². The molecule has 0 unspecified atom stereocenters. The van der Waals surface area contributed by atoms with E-state index < -0.39 is 0 Å². The van der Waals surface area contributed by atoms with Gasteiger partial charge in [-0.1, -0.05) is 66.0 Å². The van der Waals surface area contributed by atoms with Crippen molar-refractivity contribution in [2.75, 3.05) is 33.3 Å². The molecule has 0 aliphatic carbocycles. The lowest BCUT2D eigenvalue weighted by atomic mass is 10.1. The molecule has 7 nitrogen and oxygen atoms in total. The van der Waals surface area contributed by atoms with Gasteiger partial charge in [-0.2, -0.15) is 0 Å². The number of unbranched alkanes of at least 4 members (excludes halogenated alkanes) is 1. The van der Waals surface area contributed by atoms with Crippen LogP contribution in [-0.4, -0.2) is 59.4 Å². The second-order valence-corrected chi connectivity index (χ2v) is 12.5. The van der Waals surface area contributed by atoms with E-state index in [0.717, 1.165) is 49.8 Å². The van der Waals surface area contributed by atoms with Gasteiger partial charge in [-0.25, -0.2) is 4.98 Å². The molecule has 0 bridgehead atoms. The average Bonchev–Trinajstić information content (AvgIpc) is 3.14. The first kappa shape index (κ1) is 34.3. The fraction of sp³-hybridized carbons (Fsp3) is 0.583. The monoisotopic (exact) mass is 590 g/mol. The number of aryl methyl sites for hydroxylation is 1. The molecule has 43 heavy (non-hydrogen) atoms. The maximum atomic E-state index is 13.6. The van der Waals surface area contributed by atoms with E-state index in [2.05, 4.69) is 39.9 Å². The molecule has 0 atom stereocenters. The molecule has 0 radical (unpaired) electrons. The molecule has 2 heterocycles. The molecule has 1 fully saturated rings. The predicted molar refractivity (Wildman–Crippen MR) is 177 cm³/mol. The molecule has 1 aromatic heterocycles. The van der Waals surface area contributed by atoms with E-state index in [1.807, 2.05) is 39.8 Å². The molecular formula is C36H54N4O3. The van der Waals surface area contributed by atoms with Gasteiger partial charge in [0.05, 0.1) is 18.1 Å². The molecular weight excluding hydrogens is 536 g/mol. The molecule has 7 heteroatoms. The Morgan fingerprint density at radius 2 is 1.60 bits per heavy atom. The number of fused-ring (bicyclic) bond motifs is 1. The van der Waals surface area contributed by atoms with Gasteiger partial charge in [-0.3, -0.25) is 9.59 Å². The Morgan fingerprint density at radius 3 is 2.21 bits per heavy atom. The summed E-state index contributed by atoms with van der Waals surface area (Å²) in [6.45, 7) is 15.5. The topological polar surface area (TPSA) is 76.5 Å². The van der Waals surface area contributed by atoms with E-state index in [-0.39, 0.29) is 11.7 Å². The van der Waals surface area contributed by atoms with E-state index in [1.54, 1.807) is 19.2 Å². The number of hydrogen-bond acceptors (Lipinski definition) is 5. The molecule has 1 N–H and O–H groups in total. The van der Waals surface area contributed by atoms with Gasteiger partial charge in [0.2, 0.25) is 5.78 Å². The van der Waals surface area contributed by atoms with Crippen LogP contribution in [0.4, 0.5) is 0 Å². The highest BCUT2D eigenvalue weighted by atomic mass is 16.5. The van der Waals surface area contributed by atoms with Gasteiger partial charge in [-0.15, -0.1) is 0 Å². The summed E-state index contributed by atoms with van der Waals surface area (Å²) in [5.74, 6) is 1.98. The molecule has 4 rings (SSSR count). The Labute approximate surface area is 259 Å². The van der Waals surface area contributed by atoms with E-state index in [1.165, 1.54) is 38.8 Å². The Kier molecular flexibility index (Phi) is 14.2. The van der Waals surface area contributed by atoms with Crippen LogP contribution in [0.1, 0.15) is 113 Å². The highest BCUT2D eigenvalue weighted by Crippen LogP contribution is 2.24. The largest absolute Gasteiger partial charge is 0.497 e. The molecule has 1 aliphatic rings. The van der Waals surface area contributed by atoms with Gasteiger partial charge >= 0.3 is 0 Å². The Hall–Kier alpha value is -3.19. The second kappa shape index (κ2) is 17.8. The first-order valence-corrected chi connectivity index (χ1v) is 16.4. The molecule has 236 valence electrons. The number of carbonyl (C=O) groups excluding carboxylic acids is 2. The minimum atomic E-state index is -0.149. The van der Waals surface area contributed by atoms with Crippen LogP contribution in [0.2, 0.25) is 0 Å². The third-order valence-electron chi connectivity index (χ3n) is 7.96. The van der Waals surface area contributed by atoms with Gasteiger partial charge < -0.3 is 19.5 Å². The summed E-state index contributed by atoms with van der Waals surface area (Å²) in [7, 11) is 1.59. The SMILES string of the molecule is C1CCCNCC1.CCCCn1c(C(=O)c2cccc(OC)c2)nc2ccc(C(=O)N(CCC(C)C)CCC(C)C)cc21. The fourth-order valence-electron chi connectivity index (χ4n) is 5.17. The van der Waals surface area contributed by atoms with E-state index in [4.69, 9.17) is 9.72 Å². The number of methoxy groups -OCH3 is 1. The van der Waals surface area contributed by atoms with Gasteiger partial charge in [-0.05, 0) is 87.4 Å². The number of nitrogens with one attached hydrogen (secondary N) is 1. The molecule has 0 spiro atoms. The first-order chi connectivity index (χ1) is 20.7. The van der Waals surface area contributed by atoms with Crippen LogP contribution in [0.15, 0.2) is 42.5 Å². The van der Waals surface area contributed by atoms with Crippen molar-refractivity contribution in [2.24, 2.45) is 11.8 Å². The van der Waals surface area contributed by atoms with Crippen LogP contribution in [0.5, 0.6) is 5.75 Å². The summed E-state index contributed by atoms with van der Waals surface area (Å²) in [6, 6.07) is 12.8. The first-order valence-electron chi connectivity index (χ1n) is 16.4. The highest BCUT2D eigenvalue weighted by Gasteiger charge is 2.22. The number of nitrogens with zero attached hydrogens (tertiary/aromatic N) is 3. The quantitative estimate of drug-likeness (QED) is 0.206. The Bertz CT molecular complexity index is 1270. The van der Waals surface area contributed by atoms with Crippen molar-refractivity contribution in [3.8, 4) is 5.75 Å². The van der Waals surface area contributed by atoms with Crippen LogP contribution in [0, 0.1) is 11.8 Å². The van der Waals surface area contributed by atoms with Crippen molar-refractivity contribution in [1.82, 2.24) is 19.8 Å². The zero-order chi connectivity index (χ0) is 31.2. The molecule has 0 saturated carbocycles. The average molecular weight is 591 g/mol. The normalized spacial score (nSPS) is 13.5. The number of carbonyl (C=O) groups is 2. The van der Waals surface area contributed by atoms with Crippen molar-refractivity contribution in [3.05, 3.63) is 59.4 Å². The van der Waals surface area contributed by atoms with Gasteiger partial charge in [0.15, 0.2) is 5.82 Å². The zero-order valence-corrected chi connectivity index (χ0v) is 27.5. The summed E-state index contributed by atoms with van der Waals surface area (Å²) in [5, 5.41) is 3.35. The Balaban J connectivity index is 0.000000633. The van der Waals surface area contributed by atoms with Crippen molar-refractivity contribution >= 4 is 22.7 Å². The zero-order valence-electron chi connectivity index (χ0n) is 27.5. The van der Waals surface area contributed by atoms with Crippen LogP contribution in [-0.2, 0) is 6.54 Å².